The fourth-order valence-corrected chi connectivity index (χ4v) is 3.42. The quantitative estimate of drug-likeness (QED) is 0.411. The van der Waals surface area contributed by atoms with Crippen molar-refractivity contribution in [3.63, 3.8) is 0 Å². The number of benzene rings is 3. The van der Waals surface area contributed by atoms with E-state index in [1.54, 1.807) is 0 Å². The number of fused-ring (bicyclic) bond motifs is 1. The molecule has 1 fully saturated rings. The Morgan fingerprint density at radius 2 is 1.59 bits per heavy atom. The molecule has 1 aliphatic heterocycles. The van der Waals surface area contributed by atoms with E-state index < -0.39 is 0 Å². The fourth-order valence-electron chi connectivity index (χ4n) is 3.14. The van der Waals surface area contributed by atoms with E-state index in [-0.39, 0.29) is 0 Å². The van der Waals surface area contributed by atoms with E-state index in [0.29, 0.717) is 18.3 Å². The van der Waals surface area contributed by atoms with Crippen molar-refractivity contribution in [3.8, 4) is 0 Å². The predicted octanol–water partition coefficient (Wildman–Crippen LogP) is 4.32. The highest BCUT2D eigenvalue weighted by molar-refractivity contribution is 7.80. The molecule has 27 heavy (non-hydrogen) atoms. The standard InChI is InChI=1S/C22H21N3OS/c27-22(25-13-15-26-16-14-25)24-21(18-8-2-1-3-9-18)23-20-12-6-10-17-7-4-5-11-19(17)20/h1-12H,13-16H2,(H,23,24,27). The lowest BCUT2D eigenvalue weighted by Crippen LogP contribution is -2.39. The minimum Gasteiger partial charge on any atom is -0.378 e. The third-order valence-electron chi connectivity index (χ3n) is 4.58. The summed E-state index contributed by atoms with van der Waals surface area (Å²) >= 11 is 5.61. The van der Waals surface area contributed by atoms with E-state index in [2.05, 4.69) is 34.5 Å². The molecule has 5 heteroatoms. The summed E-state index contributed by atoms with van der Waals surface area (Å²) in [5.41, 5.74) is 2.02. The van der Waals surface area contributed by atoms with Gasteiger partial charge in [0.25, 0.3) is 0 Å². The van der Waals surface area contributed by atoms with Gasteiger partial charge in [0, 0.05) is 29.7 Å². The van der Waals surface area contributed by atoms with Gasteiger partial charge >= 0.3 is 0 Å². The van der Waals surface area contributed by atoms with Crippen LogP contribution in [-0.2, 0) is 4.74 Å². The predicted molar refractivity (Wildman–Crippen MR) is 116 cm³/mol. The Morgan fingerprint density at radius 1 is 0.889 bits per heavy atom. The zero-order valence-electron chi connectivity index (χ0n) is 15.0. The summed E-state index contributed by atoms with van der Waals surface area (Å²) in [5.74, 6) is 0.753. The number of hydrogen-bond acceptors (Lipinski definition) is 2. The van der Waals surface area contributed by atoms with Crippen LogP contribution in [0.15, 0.2) is 77.8 Å². The fraction of sp³-hybridized carbons (Fsp3) is 0.182. The first kappa shape index (κ1) is 17.6. The molecule has 1 N–H and O–H groups in total. The number of aliphatic imine (C=N–C) groups is 1. The van der Waals surface area contributed by atoms with Crippen LogP contribution in [0, 0.1) is 0 Å². The number of nitrogens with zero attached hydrogens (tertiary/aromatic N) is 2. The zero-order valence-corrected chi connectivity index (χ0v) is 15.8. The van der Waals surface area contributed by atoms with Crippen LogP contribution in [0.1, 0.15) is 5.56 Å². The normalized spacial score (nSPS) is 15.0. The van der Waals surface area contributed by atoms with Crippen molar-refractivity contribution in [2.45, 2.75) is 0 Å². The molecule has 0 amide bonds. The van der Waals surface area contributed by atoms with Gasteiger partial charge in [-0.2, -0.15) is 0 Å². The van der Waals surface area contributed by atoms with Gasteiger partial charge in [-0.3, -0.25) is 0 Å². The highest BCUT2D eigenvalue weighted by Crippen LogP contribution is 2.23. The van der Waals surface area contributed by atoms with Gasteiger partial charge in [0.15, 0.2) is 5.11 Å². The SMILES string of the molecule is S=C(/N=C(/Nc1cccc2ccccc12)c1ccccc1)N1CCOCC1. The first-order chi connectivity index (χ1) is 13.3. The van der Waals surface area contributed by atoms with Crippen molar-refractivity contribution in [2.24, 2.45) is 4.99 Å². The molecule has 1 heterocycles. The van der Waals surface area contributed by atoms with Gasteiger partial charge in [0.2, 0.25) is 0 Å². The van der Waals surface area contributed by atoms with Crippen molar-refractivity contribution in [3.05, 3.63) is 78.4 Å². The van der Waals surface area contributed by atoms with Crippen molar-refractivity contribution in [1.29, 1.82) is 0 Å². The topological polar surface area (TPSA) is 36.9 Å². The molecule has 0 radical (unpaired) electrons. The van der Waals surface area contributed by atoms with Crippen LogP contribution in [0.3, 0.4) is 0 Å². The number of amidine groups is 1. The Labute approximate surface area is 164 Å². The van der Waals surface area contributed by atoms with Crippen molar-refractivity contribution >= 4 is 39.6 Å². The third kappa shape index (κ3) is 4.15. The van der Waals surface area contributed by atoms with E-state index in [9.17, 15) is 0 Å². The van der Waals surface area contributed by atoms with Gasteiger partial charge in [-0.05, 0) is 23.7 Å². The molecule has 3 aromatic carbocycles. The van der Waals surface area contributed by atoms with Crippen molar-refractivity contribution < 1.29 is 4.74 Å². The first-order valence-corrected chi connectivity index (χ1v) is 9.48. The third-order valence-corrected chi connectivity index (χ3v) is 4.93. The summed E-state index contributed by atoms with van der Waals surface area (Å²) in [7, 11) is 0. The second kappa shape index (κ2) is 8.29. The lowest BCUT2D eigenvalue weighted by molar-refractivity contribution is 0.0686. The molecule has 3 aromatic rings. The van der Waals surface area contributed by atoms with E-state index in [1.165, 1.54) is 5.39 Å². The Kier molecular flexibility index (Phi) is 5.42. The van der Waals surface area contributed by atoms with Gasteiger partial charge < -0.3 is 15.0 Å². The molecule has 0 aromatic heterocycles. The van der Waals surface area contributed by atoms with Crippen molar-refractivity contribution in [2.75, 3.05) is 31.6 Å². The molecule has 1 aliphatic rings. The molecule has 136 valence electrons. The summed E-state index contributed by atoms with van der Waals surface area (Å²) in [5, 5.41) is 6.44. The highest BCUT2D eigenvalue weighted by atomic mass is 32.1. The lowest BCUT2D eigenvalue weighted by Gasteiger charge is -2.27. The molecular weight excluding hydrogens is 354 g/mol. The molecule has 4 nitrogen and oxygen atoms in total. The number of anilines is 1. The van der Waals surface area contributed by atoms with Crippen LogP contribution in [0.2, 0.25) is 0 Å². The number of morpholine rings is 1. The summed E-state index contributed by atoms with van der Waals surface area (Å²) in [6, 6.07) is 24.6. The van der Waals surface area contributed by atoms with Crippen LogP contribution in [-0.4, -0.2) is 42.2 Å². The Bertz CT molecular complexity index is 960. The summed E-state index contributed by atoms with van der Waals surface area (Å²) in [6.45, 7) is 2.93. The molecule has 0 saturated carbocycles. The van der Waals surface area contributed by atoms with Crippen molar-refractivity contribution in [1.82, 2.24) is 4.90 Å². The van der Waals surface area contributed by atoms with Gasteiger partial charge in [-0.15, -0.1) is 0 Å². The number of hydrogen-bond donors (Lipinski definition) is 1. The molecule has 0 bridgehead atoms. The lowest BCUT2D eigenvalue weighted by atomic mass is 10.1. The maximum Gasteiger partial charge on any atom is 0.197 e. The second-order valence-electron chi connectivity index (χ2n) is 6.36. The Hall–Kier alpha value is -2.76. The number of ether oxygens (including phenoxy) is 1. The zero-order chi connectivity index (χ0) is 18.5. The van der Waals surface area contributed by atoms with Gasteiger partial charge in [-0.1, -0.05) is 66.7 Å². The van der Waals surface area contributed by atoms with Gasteiger partial charge in [0.05, 0.1) is 13.2 Å². The molecule has 1 saturated heterocycles. The van der Waals surface area contributed by atoms with E-state index >= 15 is 0 Å². The molecule has 4 rings (SSSR count). The average molecular weight is 375 g/mol. The van der Waals surface area contributed by atoms with E-state index in [4.69, 9.17) is 21.9 Å². The van der Waals surface area contributed by atoms with Crippen LogP contribution < -0.4 is 5.32 Å². The molecular formula is C22H21N3OS. The maximum absolute atomic E-state index is 5.61. The molecule has 0 atom stereocenters. The van der Waals surface area contributed by atoms with Crippen LogP contribution in [0.5, 0.6) is 0 Å². The van der Waals surface area contributed by atoms with E-state index in [1.807, 2.05) is 48.5 Å². The van der Waals surface area contributed by atoms with Gasteiger partial charge in [-0.25, -0.2) is 4.99 Å². The highest BCUT2D eigenvalue weighted by Gasteiger charge is 2.15. The Balaban J connectivity index is 1.70. The van der Waals surface area contributed by atoms with Crippen LogP contribution in [0.25, 0.3) is 10.8 Å². The first-order valence-electron chi connectivity index (χ1n) is 9.07. The number of nitrogens with one attached hydrogen (secondary N) is 1. The smallest absolute Gasteiger partial charge is 0.197 e. The summed E-state index contributed by atoms with van der Waals surface area (Å²) < 4.78 is 5.42. The summed E-state index contributed by atoms with van der Waals surface area (Å²) in [6.07, 6.45) is 0. The van der Waals surface area contributed by atoms with Gasteiger partial charge in [0.1, 0.15) is 5.84 Å². The molecule has 0 aliphatic carbocycles. The number of thiocarbonyl (C=S) groups is 1. The minimum atomic E-state index is 0.588. The number of rotatable bonds is 2. The largest absolute Gasteiger partial charge is 0.378 e. The minimum absolute atomic E-state index is 0.588. The summed E-state index contributed by atoms with van der Waals surface area (Å²) in [4.78, 5) is 6.87. The van der Waals surface area contributed by atoms with E-state index in [0.717, 1.165) is 35.6 Å². The molecule has 0 spiro atoms. The molecule has 0 unspecified atom stereocenters. The monoisotopic (exact) mass is 375 g/mol. The maximum atomic E-state index is 5.61. The average Bonchev–Trinajstić information content (AvgIpc) is 2.74. The van der Waals surface area contributed by atoms with Crippen LogP contribution >= 0.6 is 12.2 Å². The Morgan fingerprint density at radius 3 is 2.41 bits per heavy atom. The second-order valence-corrected chi connectivity index (χ2v) is 6.73. The van der Waals surface area contributed by atoms with Crippen LogP contribution in [0.4, 0.5) is 5.69 Å².